The fraction of sp³-hybridized carbons (Fsp3) is 0.333. The normalized spacial score (nSPS) is 13.4. The number of aryl methyl sites for hydroxylation is 1. The van der Waals surface area contributed by atoms with Gasteiger partial charge in [0.1, 0.15) is 0 Å². The monoisotopic (exact) mass is 368 g/mol. The van der Waals surface area contributed by atoms with E-state index >= 15 is 0 Å². The molecule has 2 aromatic carbocycles. The Labute approximate surface area is 159 Å². The Balaban J connectivity index is 1.55. The molecule has 3 rings (SSSR count). The van der Waals surface area contributed by atoms with Crippen LogP contribution >= 0.6 is 11.8 Å². The predicted molar refractivity (Wildman–Crippen MR) is 108 cm³/mol. The molecule has 0 radical (unpaired) electrons. The van der Waals surface area contributed by atoms with Crippen molar-refractivity contribution in [1.82, 2.24) is 0 Å². The minimum absolute atomic E-state index is 0.0572. The summed E-state index contributed by atoms with van der Waals surface area (Å²) in [5.41, 5.74) is 3.00. The predicted octanol–water partition coefficient (Wildman–Crippen LogP) is 4.50. The lowest BCUT2D eigenvalue weighted by atomic mass is 10.1. The van der Waals surface area contributed by atoms with Crippen LogP contribution in [0.2, 0.25) is 0 Å². The van der Waals surface area contributed by atoms with Crippen LogP contribution in [0, 0.1) is 0 Å². The van der Waals surface area contributed by atoms with Gasteiger partial charge in [-0.1, -0.05) is 37.6 Å². The first kappa shape index (κ1) is 18.5. The van der Waals surface area contributed by atoms with Crippen molar-refractivity contribution in [2.75, 3.05) is 22.5 Å². The van der Waals surface area contributed by atoms with E-state index in [1.54, 1.807) is 16.7 Å². The van der Waals surface area contributed by atoms with Crippen molar-refractivity contribution in [3.05, 3.63) is 54.1 Å². The van der Waals surface area contributed by atoms with Crippen LogP contribution in [0.4, 0.5) is 11.4 Å². The van der Waals surface area contributed by atoms with Crippen molar-refractivity contribution >= 4 is 35.0 Å². The van der Waals surface area contributed by atoms with Crippen LogP contribution in [0.15, 0.2) is 53.4 Å². The highest BCUT2D eigenvalue weighted by Crippen LogP contribution is 2.34. The molecule has 0 aliphatic carbocycles. The molecule has 0 atom stereocenters. The Hall–Kier alpha value is -2.27. The molecule has 2 amide bonds. The molecule has 0 fully saturated rings. The summed E-state index contributed by atoms with van der Waals surface area (Å²) in [4.78, 5) is 27.3. The number of carbonyl (C=O) groups is 2. The number of amides is 2. The lowest BCUT2D eigenvalue weighted by Gasteiger charge is -2.28. The van der Waals surface area contributed by atoms with Crippen LogP contribution in [0.3, 0.4) is 0 Å². The highest BCUT2D eigenvalue weighted by atomic mass is 32.2. The Morgan fingerprint density at radius 2 is 1.92 bits per heavy atom. The Morgan fingerprint density at radius 3 is 2.69 bits per heavy atom. The third-order valence-electron chi connectivity index (χ3n) is 4.43. The van der Waals surface area contributed by atoms with E-state index in [0.29, 0.717) is 12.3 Å². The van der Waals surface area contributed by atoms with Gasteiger partial charge in [0.15, 0.2) is 0 Å². The number of unbranched alkanes of at least 4 members (excludes halogenated alkanes) is 1. The first-order valence-corrected chi connectivity index (χ1v) is 10.1. The molecule has 136 valence electrons. The summed E-state index contributed by atoms with van der Waals surface area (Å²) < 4.78 is 0. The molecular formula is C21H24N2O2S. The fourth-order valence-corrected chi connectivity index (χ4v) is 3.91. The van der Waals surface area contributed by atoms with Gasteiger partial charge in [-0.3, -0.25) is 9.59 Å². The average Bonchev–Trinajstić information content (AvgIpc) is 2.66. The summed E-state index contributed by atoms with van der Waals surface area (Å²) in [6, 6.07) is 15.9. The highest BCUT2D eigenvalue weighted by Gasteiger charge is 2.24. The molecule has 0 saturated carbocycles. The van der Waals surface area contributed by atoms with E-state index < -0.39 is 0 Å². The number of thioether (sulfide) groups is 1. The molecule has 0 spiro atoms. The smallest absolute Gasteiger partial charge is 0.237 e. The standard InChI is InChI=1S/C21H24N2O2S/c1-2-3-6-16-9-11-17(12-10-16)22-20(24)13-14-23-18-7-4-5-8-19(18)26-15-21(23)25/h4-5,7-12H,2-3,6,13-15H2,1H3,(H,22,24). The van der Waals surface area contributed by atoms with E-state index in [9.17, 15) is 9.59 Å². The van der Waals surface area contributed by atoms with Crippen molar-refractivity contribution < 1.29 is 9.59 Å². The zero-order chi connectivity index (χ0) is 18.4. The summed E-state index contributed by atoms with van der Waals surface area (Å²) in [6.45, 7) is 2.58. The van der Waals surface area contributed by atoms with Gasteiger partial charge in [0.2, 0.25) is 11.8 Å². The molecule has 1 aliphatic rings. The van der Waals surface area contributed by atoms with Gasteiger partial charge in [-0.15, -0.1) is 11.8 Å². The molecule has 2 aromatic rings. The van der Waals surface area contributed by atoms with Crippen LogP contribution in [-0.2, 0) is 16.0 Å². The molecular weight excluding hydrogens is 344 g/mol. The van der Waals surface area contributed by atoms with E-state index in [0.717, 1.165) is 22.7 Å². The van der Waals surface area contributed by atoms with Crippen LogP contribution in [0.1, 0.15) is 31.7 Å². The van der Waals surface area contributed by atoms with Crippen molar-refractivity contribution in [2.45, 2.75) is 37.5 Å². The molecule has 0 aromatic heterocycles. The minimum atomic E-state index is -0.0742. The van der Waals surface area contributed by atoms with Crippen LogP contribution < -0.4 is 10.2 Å². The summed E-state index contributed by atoms with van der Waals surface area (Å²) in [5, 5.41) is 2.92. The summed E-state index contributed by atoms with van der Waals surface area (Å²) in [7, 11) is 0. The lowest BCUT2D eigenvalue weighted by Crippen LogP contribution is -2.37. The number of fused-ring (bicyclic) bond motifs is 1. The highest BCUT2D eigenvalue weighted by molar-refractivity contribution is 8.00. The average molecular weight is 369 g/mol. The lowest BCUT2D eigenvalue weighted by molar-refractivity contribution is -0.117. The van der Waals surface area contributed by atoms with Crippen LogP contribution in [0.5, 0.6) is 0 Å². The zero-order valence-corrected chi connectivity index (χ0v) is 15.8. The van der Waals surface area contributed by atoms with Gasteiger partial charge in [-0.2, -0.15) is 0 Å². The van der Waals surface area contributed by atoms with Gasteiger partial charge in [-0.25, -0.2) is 0 Å². The Kier molecular flexibility index (Phi) is 6.34. The van der Waals surface area contributed by atoms with Crippen molar-refractivity contribution in [3.8, 4) is 0 Å². The van der Waals surface area contributed by atoms with Gasteiger partial charge < -0.3 is 10.2 Å². The van der Waals surface area contributed by atoms with Crippen molar-refractivity contribution in [1.29, 1.82) is 0 Å². The molecule has 1 aliphatic heterocycles. The SMILES string of the molecule is CCCCc1ccc(NC(=O)CCN2C(=O)CSc3ccccc32)cc1. The summed E-state index contributed by atoms with van der Waals surface area (Å²) in [5.74, 6) is 0.411. The molecule has 0 saturated heterocycles. The molecule has 5 heteroatoms. The minimum Gasteiger partial charge on any atom is -0.326 e. The van der Waals surface area contributed by atoms with Gasteiger partial charge >= 0.3 is 0 Å². The van der Waals surface area contributed by atoms with Crippen molar-refractivity contribution in [3.63, 3.8) is 0 Å². The Bertz CT molecular complexity index is 774. The van der Waals surface area contributed by atoms with E-state index in [-0.39, 0.29) is 18.2 Å². The number of hydrogen-bond donors (Lipinski definition) is 1. The first-order valence-electron chi connectivity index (χ1n) is 9.08. The van der Waals surface area contributed by atoms with E-state index in [1.807, 2.05) is 36.4 Å². The molecule has 1 N–H and O–H groups in total. The quantitative estimate of drug-likeness (QED) is 0.783. The third kappa shape index (κ3) is 4.67. The van der Waals surface area contributed by atoms with Crippen LogP contribution in [-0.4, -0.2) is 24.1 Å². The second-order valence-electron chi connectivity index (χ2n) is 6.40. The Morgan fingerprint density at radius 1 is 1.15 bits per heavy atom. The van der Waals surface area contributed by atoms with Crippen LogP contribution in [0.25, 0.3) is 0 Å². The summed E-state index contributed by atoms with van der Waals surface area (Å²) in [6.07, 6.45) is 3.70. The maximum atomic E-state index is 12.3. The second kappa shape index (κ2) is 8.90. The van der Waals surface area contributed by atoms with Gasteiger partial charge in [-0.05, 0) is 42.7 Å². The maximum absolute atomic E-state index is 12.3. The number of hydrogen-bond acceptors (Lipinski definition) is 3. The third-order valence-corrected chi connectivity index (χ3v) is 5.47. The van der Waals surface area contributed by atoms with Gasteiger partial charge in [0.25, 0.3) is 0 Å². The van der Waals surface area contributed by atoms with E-state index in [1.165, 1.54) is 18.4 Å². The molecule has 4 nitrogen and oxygen atoms in total. The number of anilines is 2. The summed E-state index contributed by atoms with van der Waals surface area (Å²) >= 11 is 1.55. The number of nitrogens with zero attached hydrogens (tertiary/aromatic N) is 1. The number of nitrogens with one attached hydrogen (secondary N) is 1. The van der Waals surface area contributed by atoms with Gasteiger partial charge in [0, 0.05) is 23.5 Å². The molecule has 0 unspecified atom stereocenters. The van der Waals surface area contributed by atoms with E-state index in [4.69, 9.17) is 0 Å². The van der Waals surface area contributed by atoms with Crippen molar-refractivity contribution in [2.24, 2.45) is 0 Å². The zero-order valence-electron chi connectivity index (χ0n) is 15.0. The topological polar surface area (TPSA) is 49.4 Å². The fourth-order valence-electron chi connectivity index (χ4n) is 2.97. The first-order chi connectivity index (χ1) is 12.7. The molecule has 0 bridgehead atoms. The molecule has 26 heavy (non-hydrogen) atoms. The van der Waals surface area contributed by atoms with E-state index in [2.05, 4.69) is 24.4 Å². The maximum Gasteiger partial charge on any atom is 0.237 e. The number of para-hydroxylation sites is 1. The number of benzene rings is 2. The largest absolute Gasteiger partial charge is 0.326 e. The van der Waals surface area contributed by atoms with Gasteiger partial charge in [0.05, 0.1) is 11.4 Å². The second-order valence-corrected chi connectivity index (χ2v) is 7.42. The number of carbonyl (C=O) groups excluding carboxylic acids is 2. The molecule has 1 heterocycles. The number of rotatable bonds is 7.